The lowest BCUT2D eigenvalue weighted by Gasteiger charge is -2.12. The Hall–Kier alpha value is -2.82. The SMILES string of the molecule is CCSc1nc(NC(C)C)c2cnn(CCNC(=O)c3ccc(C(F)(F)F)cc3)c2n1. The van der Waals surface area contributed by atoms with Crippen molar-refractivity contribution in [1.82, 2.24) is 25.1 Å². The Morgan fingerprint density at radius 1 is 1.19 bits per heavy atom. The highest BCUT2D eigenvalue weighted by atomic mass is 32.2. The van der Waals surface area contributed by atoms with Gasteiger partial charge in [0.15, 0.2) is 10.8 Å². The predicted molar refractivity (Wildman–Crippen MR) is 114 cm³/mol. The van der Waals surface area contributed by atoms with E-state index in [2.05, 4.69) is 25.7 Å². The summed E-state index contributed by atoms with van der Waals surface area (Å²) in [5.74, 6) is 1.07. The second kappa shape index (κ2) is 9.54. The summed E-state index contributed by atoms with van der Waals surface area (Å²) in [5, 5.41) is 11.8. The Kier molecular flexibility index (Phi) is 7.04. The van der Waals surface area contributed by atoms with Gasteiger partial charge in [-0.3, -0.25) is 4.79 Å². The van der Waals surface area contributed by atoms with Gasteiger partial charge in [0.1, 0.15) is 5.82 Å². The van der Waals surface area contributed by atoms with E-state index in [4.69, 9.17) is 0 Å². The third-order valence-electron chi connectivity index (χ3n) is 4.26. The zero-order valence-corrected chi connectivity index (χ0v) is 18.1. The van der Waals surface area contributed by atoms with Gasteiger partial charge in [0.2, 0.25) is 0 Å². The van der Waals surface area contributed by atoms with Gasteiger partial charge >= 0.3 is 6.18 Å². The summed E-state index contributed by atoms with van der Waals surface area (Å²) in [7, 11) is 0. The molecule has 0 radical (unpaired) electrons. The molecule has 0 aliphatic carbocycles. The molecule has 3 rings (SSSR count). The van der Waals surface area contributed by atoms with Crippen LogP contribution in [0, 0.1) is 0 Å². The van der Waals surface area contributed by atoms with Crippen LogP contribution in [0.2, 0.25) is 0 Å². The van der Waals surface area contributed by atoms with Crippen LogP contribution in [0.3, 0.4) is 0 Å². The molecule has 0 saturated heterocycles. The number of nitrogens with one attached hydrogen (secondary N) is 2. The standard InChI is InChI=1S/C20H23F3N6OS/c1-4-31-19-27-16(26-12(2)3)15-11-25-29(17(15)28-19)10-9-24-18(30)13-5-7-14(8-6-13)20(21,22)23/h5-8,11-12H,4,9-10H2,1-3H3,(H,24,30)(H,26,27,28). The van der Waals surface area contributed by atoms with E-state index in [1.165, 1.54) is 11.8 Å². The molecule has 1 amide bonds. The first-order chi connectivity index (χ1) is 14.7. The quantitative estimate of drug-likeness (QED) is 0.394. The molecule has 0 aliphatic heterocycles. The summed E-state index contributed by atoms with van der Waals surface area (Å²) >= 11 is 1.52. The lowest BCUT2D eigenvalue weighted by Crippen LogP contribution is -2.27. The zero-order chi connectivity index (χ0) is 22.6. The number of carbonyl (C=O) groups excluding carboxylic acids is 1. The molecule has 31 heavy (non-hydrogen) atoms. The fraction of sp³-hybridized carbons (Fsp3) is 0.400. The number of aromatic nitrogens is 4. The molecule has 0 aliphatic rings. The van der Waals surface area contributed by atoms with Gasteiger partial charge in [-0.15, -0.1) is 0 Å². The van der Waals surface area contributed by atoms with Crippen LogP contribution >= 0.6 is 11.8 Å². The molecular weight excluding hydrogens is 429 g/mol. The number of hydrogen-bond acceptors (Lipinski definition) is 6. The van der Waals surface area contributed by atoms with E-state index < -0.39 is 17.6 Å². The molecule has 0 fully saturated rings. The van der Waals surface area contributed by atoms with Crippen LogP contribution in [0.5, 0.6) is 0 Å². The average Bonchev–Trinajstić information content (AvgIpc) is 3.10. The minimum Gasteiger partial charge on any atom is -0.367 e. The van der Waals surface area contributed by atoms with Gasteiger partial charge in [0, 0.05) is 18.2 Å². The maximum absolute atomic E-state index is 12.7. The van der Waals surface area contributed by atoms with Gasteiger partial charge in [-0.2, -0.15) is 18.3 Å². The van der Waals surface area contributed by atoms with Gasteiger partial charge in [-0.1, -0.05) is 18.7 Å². The first kappa shape index (κ1) is 22.9. The minimum atomic E-state index is -4.43. The van der Waals surface area contributed by atoms with Crippen LogP contribution in [0.4, 0.5) is 19.0 Å². The van der Waals surface area contributed by atoms with Crippen molar-refractivity contribution in [2.24, 2.45) is 0 Å². The highest BCUT2D eigenvalue weighted by Crippen LogP contribution is 2.29. The van der Waals surface area contributed by atoms with E-state index in [0.29, 0.717) is 23.2 Å². The van der Waals surface area contributed by atoms with Crippen LogP contribution in [0.1, 0.15) is 36.7 Å². The van der Waals surface area contributed by atoms with Crippen LogP contribution in [0.25, 0.3) is 11.0 Å². The molecule has 0 unspecified atom stereocenters. The van der Waals surface area contributed by atoms with Crippen LogP contribution in [0.15, 0.2) is 35.6 Å². The summed E-state index contributed by atoms with van der Waals surface area (Å²) in [5.41, 5.74) is 0.0156. The lowest BCUT2D eigenvalue weighted by atomic mass is 10.1. The average molecular weight is 453 g/mol. The summed E-state index contributed by atoms with van der Waals surface area (Å²) in [6.45, 7) is 6.64. The monoisotopic (exact) mass is 452 g/mol. The Balaban J connectivity index is 1.70. The third kappa shape index (κ3) is 5.66. The Morgan fingerprint density at radius 3 is 2.52 bits per heavy atom. The van der Waals surface area contributed by atoms with Crippen molar-refractivity contribution in [2.75, 3.05) is 17.6 Å². The predicted octanol–water partition coefficient (Wildman–Crippen LogP) is 4.21. The molecule has 0 atom stereocenters. The summed E-state index contributed by atoms with van der Waals surface area (Å²) < 4.78 is 39.6. The van der Waals surface area contributed by atoms with E-state index in [0.717, 1.165) is 35.4 Å². The first-order valence-corrected chi connectivity index (χ1v) is 10.8. The summed E-state index contributed by atoms with van der Waals surface area (Å²) in [6.07, 6.45) is -2.76. The molecule has 2 aromatic heterocycles. The van der Waals surface area contributed by atoms with Gasteiger partial charge in [0.25, 0.3) is 5.91 Å². The number of alkyl halides is 3. The van der Waals surface area contributed by atoms with E-state index >= 15 is 0 Å². The fourth-order valence-corrected chi connectivity index (χ4v) is 3.43. The molecule has 7 nitrogen and oxygen atoms in total. The van der Waals surface area contributed by atoms with Crippen molar-refractivity contribution in [2.45, 2.75) is 44.7 Å². The van der Waals surface area contributed by atoms with Crippen molar-refractivity contribution in [3.8, 4) is 0 Å². The van der Waals surface area contributed by atoms with Crippen molar-refractivity contribution in [3.63, 3.8) is 0 Å². The number of rotatable bonds is 8. The molecular formula is C20H23F3N6OS. The molecule has 0 spiro atoms. The van der Waals surface area contributed by atoms with Gasteiger partial charge < -0.3 is 10.6 Å². The molecule has 1 aromatic carbocycles. The van der Waals surface area contributed by atoms with E-state index in [-0.39, 0.29) is 18.2 Å². The van der Waals surface area contributed by atoms with Crippen molar-refractivity contribution in [1.29, 1.82) is 0 Å². The lowest BCUT2D eigenvalue weighted by molar-refractivity contribution is -0.137. The fourth-order valence-electron chi connectivity index (χ4n) is 2.86. The zero-order valence-electron chi connectivity index (χ0n) is 17.3. The molecule has 0 saturated carbocycles. The van der Waals surface area contributed by atoms with E-state index in [1.54, 1.807) is 10.9 Å². The minimum absolute atomic E-state index is 0.158. The Morgan fingerprint density at radius 2 is 1.90 bits per heavy atom. The second-order valence-electron chi connectivity index (χ2n) is 7.02. The summed E-state index contributed by atoms with van der Waals surface area (Å²) in [6, 6.07) is 4.29. The molecule has 3 aromatic rings. The number of carbonyl (C=O) groups is 1. The van der Waals surface area contributed by atoms with Crippen LogP contribution in [-0.4, -0.2) is 44.0 Å². The maximum atomic E-state index is 12.7. The summed E-state index contributed by atoms with van der Waals surface area (Å²) in [4.78, 5) is 21.4. The number of fused-ring (bicyclic) bond motifs is 1. The molecule has 2 heterocycles. The molecule has 0 bridgehead atoms. The van der Waals surface area contributed by atoms with E-state index in [1.807, 2.05) is 20.8 Å². The largest absolute Gasteiger partial charge is 0.416 e. The Bertz CT molecular complexity index is 1050. The second-order valence-corrected chi connectivity index (χ2v) is 8.25. The normalized spacial score (nSPS) is 11.8. The maximum Gasteiger partial charge on any atom is 0.416 e. The molecule has 166 valence electrons. The van der Waals surface area contributed by atoms with Crippen LogP contribution in [-0.2, 0) is 12.7 Å². The smallest absolute Gasteiger partial charge is 0.367 e. The van der Waals surface area contributed by atoms with Gasteiger partial charge in [-0.05, 0) is 43.9 Å². The van der Waals surface area contributed by atoms with E-state index in [9.17, 15) is 18.0 Å². The van der Waals surface area contributed by atoms with Crippen molar-refractivity contribution in [3.05, 3.63) is 41.6 Å². The first-order valence-electron chi connectivity index (χ1n) is 9.77. The molecule has 2 N–H and O–H groups in total. The number of halogens is 3. The van der Waals surface area contributed by atoms with Crippen molar-refractivity contribution >= 4 is 34.5 Å². The van der Waals surface area contributed by atoms with Crippen molar-refractivity contribution < 1.29 is 18.0 Å². The van der Waals surface area contributed by atoms with Gasteiger partial charge in [-0.25, -0.2) is 14.6 Å². The highest BCUT2D eigenvalue weighted by molar-refractivity contribution is 7.99. The van der Waals surface area contributed by atoms with Crippen LogP contribution < -0.4 is 10.6 Å². The number of thioether (sulfide) groups is 1. The number of nitrogens with zero attached hydrogens (tertiary/aromatic N) is 4. The third-order valence-corrected chi connectivity index (χ3v) is 4.99. The number of amides is 1. The number of anilines is 1. The number of hydrogen-bond donors (Lipinski definition) is 2. The Labute approximate surface area is 181 Å². The highest BCUT2D eigenvalue weighted by Gasteiger charge is 2.30. The van der Waals surface area contributed by atoms with Gasteiger partial charge in [0.05, 0.1) is 23.7 Å². The molecule has 11 heteroatoms. The number of benzene rings is 1. The topological polar surface area (TPSA) is 84.7 Å².